The predicted octanol–water partition coefficient (Wildman–Crippen LogP) is 4.21. The second-order valence-electron chi connectivity index (χ2n) is 7.13. The van der Waals surface area contributed by atoms with Crippen LogP contribution in [0.4, 0.5) is 5.69 Å². The summed E-state index contributed by atoms with van der Waals surface area (Å²) in [5, 5.41) is 0. The van der Waals surface area contributed by atoms with E-state index in [1.165, 1.54) is 22.5 Å². The second kappa shape index (κ2) is 6.98. The van der Waals surface area contributed by atoms with Crippen LogP contribution in [0.5, 0.6) is 0 Å². The van der Waals surface area contributed by atoms with E-state index in [-0.39, 0.29) is 5.91 Å². The summed E-state index contributed by atoms with van der Waals surface area (Å²) in [5.41, 5.74) is 3.73. The van der Waals surface area contributed by atoms with Crippen molar-refractivity contribution >= 4 is 22.9 Å². The lowest BCUT2D eigenvalue weighted by molar-refractivity contribution is 0.0790. The highest BCUT2D eigenvalue weighted by Crippen LogP contribution is 2.32. The number of rotatable bonds is 4. The van der Waals surface area contributed by atoms with Crippen LogP contribution in [0, 0.1) is 5.92 Å². The molecule has 1 amide bonds. The van der Waals surface area contributed by atoms with E-state index in [0.29, 0.717) is 6.54 Å². The molecule has 1 aromatic heterocycles. The maximum absolute atomic E-state index is 12.8. The van der Waals surface area contributed by atoms with Crippen LogP contribution < -0.4 is 4.90 Å². The van der Waals surface area contributed by atoms with Gasteiger partial charge in [0.25, 0.3) is 5.91 Å². The summed E-state index contributed by atoms with van der Waals surface area (Å²) >= 11 is 1.69. The van der Waals surface area contributed by atoms with Gasteiger partial charge >= 0.3 is 0 Å². The molecule has 3 rings (SSSR count). The molecule has 1 aliphatic carbocycles. The number of carbonyl (C=O) groups excluding carboxylic acids is 1. The van der Waals surface area contributed by atoms with Gasteiger partial charge < -0.3 is 9.80 Å². The third kappa shape index (κ3) is 3.64. The Kier molecular flexibility index (Phi) is 4.95. The molecule has 1 heterocycles. The molecule has 1 aromatic carbocycles. The number of amides is 1. The van der Waals surface area contributed by atoms with E-state index in [0.717, 1.165) is 29.2 Å². The molecule has 0 radical (unpaired) electrons. The maximum Gasteiger partial charge on any atom is 0.263 e. The lowest BCUT2D eigenvalue weighted by Crippen LogP contribution is -2.25. The number of hydrogen-bond donors (Lipinski definition) is 0. The van der Waals surface area contributed by atoms with Crippen molar-refractivity contribution in [2.24, 2.45) is 5.92 Å². The first-order valence-corrected chi connectivity index (χ1v) is 9.39. The van der Waals surface area contributed by atoms with Gasteiger partial charge in [0.2, 0.25) is 0 Å². The van der Waals surface area contributed by atoms with Crippen molar-refractivity contribution in [2.75, 3.05) is 26.0 Å². The van der Waals surface area contributed by atoms with Crippen LogP contribution in [0.1, 0.15) is 39.0 Å². The highest BCUT2D eigenvalue weighted by molar-refractivity contribution is 7.14. The molecule has 0 unspecified atom stereocenters. The van der Waals surface area contributed by atoms with Crippen molar-refractivity contribution in [3.8, 4) is 0 Å². The normalized spacial score (nSPS) is 16.6. The van der Waals surface area contributed by atoms with Crippen LogP contribution in [-0.2, 0) is 19.4 Å². The van der Waals surface area contributed by atoms with Gasteiger partial charge in [-0.1, -0.05) is 19.1 Å². The Morgan fingerprint density at radius 3 is 2.58 bits per heavy atom. The minimum atomic E-state index is 0.138. The van der Waals surface area contributed by atoms with Gasteiger partial charge in [-0.05, 0) is 54.5 Å². The third-order valence-electron chi connectivity index (χ3n) is 4.76. The highest BCUT2D eigenvalue weighted by Gasteiger charge is 2.22. The molecule has 0 spiro atoms. The van der Waals surface area contributed by atoms with Crippen molar-refractivity contribution in [1.29, 1.82) is 0 Å². The van der Waals surface area contributed by atoms with Crippen LogP contribution in [0.15, 0.2) is 30.3 Å². The van der Waals surface area contributed by atoms with Gasteiger partial charge in [0.1, 0.15) is 0 Å². The van der Waals surface area contributed by atoms with Gasteiger partial charge in [0.05, 0.1) is 4.88 Å². The molecule has 128 valence electrons. The Morgan fingerprint density at radius 2 is 1.92 bits per heavy atom. The van der Waals surface area contributed by atoms with Crippen LogP contribution in [-0.4, -0.2) is 32.0 Å². The summed E-state index contributed by atoms with van der Waals surface area (Å²) in [6, 6.07) is 10.5. The quantitative estimate of drug-likeness (QED) is 0.831. The van der Waals surface area contributed by atoms with Crippen molar-refractivity contribution in [3.63, 3.8) is 0 Å². The Morgan fingerprint density at radius 1 is 1.21 bits per heavy atom. The van der Waals surface area contributed by atoms with E-state index < -0.39 is 0 Å². The zero-order chi connectivity index (χ0) is 17.3. The Balaban J connectivity index is 1.68. The number of benzene rings is 1. The van der Waals surface area contributed by atoms with Gasteiger partial charge in [0, 0.05) is 38.3 Å². The Hall–Kier alpha value is -1.81. The molecule has 3 nitrogen and oxygen atoms in total. The van der Waals surface area contributed by atoms with E-state index >= 15 is 0 Å². The summed E-state index contributed by atoms with van der Waals surface area (Å²) in [6.07, 6.45) is 3.49. The lowest BCUT2D eigenvalue weighted by Gasteiger charge is -2.17. The van der Waals surface area contributed by atoms with Gasteiger partial charge in [-0.3, -0.25) is 4.79 Å². The molecule has 24 heavy (non-hydrogen) atoms. The molecular weight excluding hydrogens is 316 g/mol. The average molecular weight is 343 g/mol. The van der Waals surface area contributed by atoms with Gasteiger partial charge in [-0.15, -0.1) is 11.3 Å². The monoisotopic (exact) mass is 342 g/mol. The first-order valence-electron chi connectivity index (χ1n) is 8.57. The van der Waals surface area contributed by atoms with Crippen LogP contribution in [0.3, 0.4) is 0 Å². The lowest BCUT2D eigenvalue weighted by atomic mass is 9.90. The number of hydrogen-bond acceptors (Lipinski definition) is 3. The molecule has 0 aliphatic heterocycles. The highest BCUT2D eigenvalue weighted by atomic mass is 32.1. The van der Waals surface area contributed by atoms with Gasteiger partial charge in [0.15, 0.2) is 0 Å². The summed E-state index contributed by atoms with van der Waals surface area (Å²) in [4.78, 5) is 19.0. The Labute approximate surface area is 148 Å². The molecule has 0 N–H and O–H groups in total. The molecule has 1 atom stereocenters. The SMILES string of the molecule is C[C@H]1CCc2sc(C(=O)N(C)Cc3ccc(N(C)C)cc3)cc2C1. The summed E-state index contributed by atoms with van der Waals surface area (Å²) in [5.74, 6) is 0.877. The smallest absolute Gasteiger partial charge is 0.263 e. The molecule has 0 bridgehead atoms. The standard InChI is InChI=1S/C20H26N2OS/c1-14-5-10-18-16(11-14)12-19(24-18)20(23)22(4)13-15-6-8-17(9-7-15)21(2)3/h6-9,12,14H,5,10-11,13H2,1-4H3/t14-/m0/s1. The number of nitrogens with zero attached hydrogens (tertiary/aromatic N) is 2. The average Bonchev–Trinajstić information content (AvgIpc) is 2.97. The number of thiophene rings is 1. The van der Waals surface area contributed by atoms with E-state index in [9.17, 15) is 4.79 Å². The van der Waals surface area contributed by atoms with Gasteiger partial charge in [-0.2, -0.15) is 0 Å². The van der Waals surface area contributed by atoms with Crippen LogP contribution in [0.2, 0.25) is 0 Å². The molecule has 0 saturated heterocycles. The minimum Gasteiger partial charge on any atom is -0.378 e. The molecule has 1 aliphatic rings. The van der Waals surface area contributed by atoms with Crippen molar-refractivity contribution in [2.45, 2.75) is 32.7 Å². The first-order chi connectivity index (χ1) is 11.4. The first kappa shape index (κ1) is 17.0. The van der Waals surface area contributed by atoms with E-state index in [1.54, 1.807) is 11.3 Å². The number of fused-ring (bicyclic) bond motifs is 1. The predicted molar refractivity (Wildman–Crippen MR) is 102 cm³/mol. The summed E-state index contributed by atoms with van der Waals surface area (Å²) < 4.78 is 0. The fourth-order valence-electron chi connectivity index (χ4n) is 3.24. The number of aryl methyl sites for hydroxylation is 1. The van der Waals surface area contributed by atoms with E-state index in [4.69, 9.17) is 0 Å². The fourth-order valence-corrected chi connectivity index (χ4v) is 4.45. The topological polar surface area (TPSA) is 23.6 Å². The number of carbonyl (C=O) groups is 1. The Bertz CT molecular complexity index is 718. The van der Waals surface area contributed by atoms with Crippen molar-refractivity contribution in [1.82, 2.24) is 4.90 Å². The fraction of sp³-hybridized carbons (Fsp3) is 0.450. The molecule has 0 fully saturated rings. The summed E-state index contributed by atoms with van der Waals surface area (Å²) in [6.45, 7) is 2.94. The zero-order valence-corrected chi connectivity index (χ0v) is 15.8. The van der Waals surface area contributed by atoms with Crippen molar-refractivity contribution < 1.29 is 4.79 Å². The van der Waals surface area contributed by atoms with Crippen LogP contribution in [0.25, 0.3) is 0 Å². The zero-order valence-electron chi connectivity index (χ0n) is 15.0. The van der Waals surface area contributed by atoms with Crippen LogP contribution >= 0.6 is 11.3 Å². The molecule has 0 saturated carbocycles. The van der Waals surface area contributed by atoms with Gasteiger partial charge in [-0.25, -0.2) is 0 Å². The maximum atomic E-state index is 12.8. The minimum absolute atomic E-state index is 0.138. The second-order valence-corrected chi connectivity index (χ2v) is 8.27. The molecule has 2 aromatic rings. The number of anilines is 1. The van der Waals surface area contributed by atoms with Crippen molar-refractivity contribution in [3.05, 3.63) is 51.2 Å². The molecule has 4 heteroatoms. The third-order valence-corrected chi connectivity index (χ3v) is 5.98. The summed E-state index contributed by atoms with van der Waals surface area (Å²) in [7, 11) is 5.96. The molecular formula is C20H26N2OS. The largest absolute Gasteiger partial charge is 0.378 e. The van der Waals surface area contributed by atoms with E-state index in [1.807, 2.05) is 26.0 Å². The van der Waals surface area contributed by atoms with E-state index in [2.05, 4.69) is 42.2 Å².